The molecule has 0 aliphatic heterocycles. The molecule has 0 aliphatic carbocycles. The summed E-state index contributed by atoms with van der Waals surface area (Å²) in [7, 11) is 0. The van der Waals surface area contributed by atoms with E-state index in [4.69, 9.17) is 11.6 Å². The van der Waals surface area contributed by atoms with E-state index >= 15 is 0 Å². The monoisotopic (exact) mass is 219 g/mol. The van der Waals surface area contributed by atoms with Gasteiger partial charge in [-0.15, -0.1) is 0 Å². The Morgan fingerprint density at radius 1 is 1.40 bits per heavy atom. The normalized spacial score (nSPS) is 10.5. The molecule has 0 atom stereocenters. The van der Waals surface area contributed by atoms with E-state index in [1.54, 1.807) is 0 Å². The molecule has 0 N–H and O–H groups in total. The largest absolute Gasteiger partial charge is 0.303 e. The van der Waals surface area contributed by atoms with E-state index in [2.05, 4.69) is 4.98 Å². The molecule has 0 unspecified atom stereocenters. The number of aryl methyl sites for hydroxylation is 1. The number of fused-ring (bicyclic) bond motifs is 1. The van der Waals surface area contributed by atoms with Crippen molar-refractivity contribution in [1.29, 1.82) is 0 Å². The summed E-state index contributed by atoms with van der Waals surface area (Å²) in [5.41, 5.74) is 2.81. The Kier molecular flexibility index (Phi) is 2.69. The molecule has 2 aromatic rings. The summed E-state index contributed by atoms with van der Waals surface area (Å²) >= 11 is 5.92. The zero-order valence-corrected chi connectivity index (χ0v) is 9.08. The Hall–Kier alpha value is -1.41. The number of carbonyl (C=O) groups excluding carboxylic acids is 1. The molecular formula is C12H10ClNO. The Labute approximate surface area is 92.9 Å². The number of carbonyl (C=O) groups is 1. The number of hydrogen-bond donors (Lipinski definition) is 0. The van der Waals surface area contributed by atoms with Crippen LogP contribution < -0.4 is 0 Å². The lowest BCUT2D eigenvalue weighted by molar-refractivity contribution is -0.107. The van der Waals surface area contributed by atoms with E-state index in [-0.39, 0.29) is 0 Å². The van der Waals surface area contributed by atoms with Crippen LogP contribution in [0, 0.1) is 6.92 Å². The van der Waals surface area contributed by atoms with E-state index in [9.17, 15) is 4.79 Å². The SMILES string of the molecule is Cc1cc2cc(CC=O)ccc2nc1Cl. The number of pyridine rings is 1. The standard InChI is InChI=1S/C12H10ClNO/c1-8-6-10-7-9(4-5-15)2-3-11(10)14-12(8)13/h2-3,5-7H,4H2,1H3. The lowest BCUT2D eigenvalue weighted by Gasteiger charge is -2.03. The van der Waals surface area contributed by atoms with Crippen LogP contribution in [0.4, 0.5) is 0 Å². The zero-order chi connectivity index (χ0) is 10.8. The molecule has 0 spiro atoms. The number of aromatic nitrogens is 1. The van der Waals surface area contributed by atoms with Crippen LogP contribution in [0.15, 0.2) is 24.3 Å². The van der Waals surface area contributed by atoms with Crippen molar-refractivity contribution in [2.45, 2.75) is 13.3 Å². The highest BCUT2D eigenvalue weighted by Gasteiger charge is 2.01. The van der Waals surface area contributed by atoms with E-state index in [0.29, 0.717) is 11.6 Å². The number of hydrogen-bond acceptors (Lipinski definition) is 2. The van der Waals surface area contributed by atoms with E-state index in [1.165, 1.54) is 0 Å². The molecule has 1 heterocycles. The summed E-state index contributed by atoms with van der Waals surface area (Å²) < 4.78 is 0. The predicted octanol–water partition coefficient (Wildman–Crippen LogP) is 2.94. The van der Waals surface area contributed by atoms with Crippen molar-refractivity contribution in [3.05, 3.63) is 40.5 Å². The minimum Gasteiger partial charge on any atom is -0.303 e. The topological polar surface area (TPSA) is 30.0 Å². The molecule has 2 rings (SSSR count). The maximum Gasteiger partial charge on any atom is 0.132 e. The van der Waals surface area contributed by atoms with Gasteiger partial charge in [0.2, 0.25) is 0 Å². The number of nitrogens with zero attached hydrogens (tertiary/aromatic N) is 1. The van der Waals surface area contributed by atoms with Crippen LogP contribution in [0.25, 0.3) is 10.9 Å². The van der Waals surface area contributed by atoms with Gasteiger partial charge < -0.3 is 4.79 Å². The van der Waals surface area contributed by atoms with Crippen LogP contribution in [0.2, 0.25) is 5.15 Å². The van der Waals surface area contributed by atoms with Crippen LogP contribution in [-0.2, 0) is 11.2 Å². The van der Waals surface area contributed by atoms with Crippen LogP contribution in [-0.4, -0.2) is 11.3 Å². The van der Waals surface area contributed by atoms with Crippen LogP contribution >= 0.6 is 11.6 Å². The van der Waals surface area contributed by atoms with Gasteiger partial charge in [-0.2, -0.15) is 0 Å². The van der Waals surface area contributed by atoms with Crippen molar-refractivity contribution in [3.8, 4) is 0 Å². The number of rotatable bonds is 2. The number of benzene rings is 1. The minimum atomic E-state index is 0.442. The first-order valence-corrected chi connectivity index (χ1v) is 5.08. The van der Waals surface area contributed by atoms with Crippen molar-refractivity contribution in [3.63, 3.8) is 0 Å². The fourth-order valence-corrected chi connectivity index (χ4v) is 1.68. The fourth-order valence-electron chi connectivity index (χ4n) is 1.53. The second-order valence-corrected chi connectivity index (χ2v) is 3.85. The Balaban J connectivity index is 2.61. The minimum absolute atomic E-state index is 0.442. The van der Waals surface area contributed by atoms with E-state index in [1.807, 2.05) is 31.2 Å². The van der Waals surface area contributed by atoms with Gasteiger partial charge in [-0.25, -0.2) is 4.98 Å². The summed E-state index contributed by atoms with van der Waals surface area (Å²) in [6, 6.07) is 7.74. The number of aldehydes is 1. The smallest absolute Gasteiger partial charge is 0.132 e. The quantitative estimate of drug-likeness (QED) is 0.574. The molecule has 15 heavy (non-hydrogen) atoms. The molecule has 0 saturated heterocycles. The molecule has 0 saturated carbocycles. The maximum atomic E-state index is 10.4. The van der Waals surface area contributed by atoms with Crippen molar-refractivity contribution in [1.82, 2.24) is 4.98 Å². The van der Waals surface area contributed by atoms with E-state index < -0.39 is 0 Å². The van der Waals surface area contributed by atoms with Gasteiger partial charge in [-0.1, -0.05) is 17.7 Å². The van der Waals surface area contributed by atoms with Gasteiger partial charge in [0.25, 0.3) is 0 Å². The molecule has 1 aromatic heterocycles. The molecule has 0 aliphatic rings. The maximum absolute atomic E-state index is 10.4. The molecular weight excluding hydrogens is 210 g/mol. The molecule has 2 nitrogen and oxygen atoms in total. The highest BCUT2D eigenvalue weighted by Crippen LogP contribution is 2.20. The molecule has 0 fully saturated rings. The summed E-state index contributed by atoms with van der Waals surface area (Å²) in [6.45, 7) is 1.92. The third-order valence-corrected chi connectivity index (χ3v) is 2.71. The summed E-state index contributed by atoms with van der Waals surface area (Å²) in [6.07, 6.45) is 1.34. The molecule has 0 amide bonds. The molecule has 3 heteroatoms. The molecule has 1 aromatic carbocycles. The Bertz CT molecular complexity index is 522. The van der Waals surface area contributed by atoms with Gasteiger partial charge in [-0.05, 0) is 36.2 Å². The second kappa shape index (κ2) is 3.99. The first-order chi connectivity index (χ1) is 7.20. The van der Waals surface area contributed by atoms with Gasteiger partial charge in [-0.3, -0.25) is 0 Å². The van der Waals surface area contributed by atoms with E-state index in [0.717, 1.165) is 28.3 Å². The van der Waals surface area contributed by atoms with Gasteiger partial charge in [0, 0.05) is 11.8 Å². The lowest BCUT2D eigenvalue weighted by atomic mass is 10.1. The number of halogens is 1. The first-order valence-electron chi connectivity index (χ1n) is 4.70. The third kappa shape index (κ3) is 2.00. The van der Waals surface area contributed by atoms with Crippen LogP contribution in [0.5, 0.6) is 0 Å². The highest BCUT2D eigenvalue weighted by molar-refractivity contribution is 6.30. The summed E-state index contributed by atoms with van der Waals surface area (Å²) in [4.78, 5) is 14.6. The first kappa shape index (κ1) is 10.1. The van der Waals surface area contributed by atoms with Crippen molar-refractivity contribution in [2.24, 2.45) is 0 Å². The summed E-state index contributed by atoms with van der Waals surface area (Å²) in [5, 5.41) is 1.56. The molecule has 0 bridgehead atoms. The molecule has 76 valence electrons. The highest BCUT2D eigenvalue weighted by atomic mass is 35.5. The van der Waals surface area contributed by atoms with Gasteiger partial charge in [0.1, 0.15) is 11.4 Å². The average molecular weight is 220 g/mol. The zero-order valence-electron chi connectivity index (χ0n) is 8.33. The van der Waals surface area contributed by atoms with Gasteiger partial charge in [0.15, 0.2) is 0 Å². The van der Waals surface area contributed by atoms with Crippen LogP contribution in [0.3, 0.4) is 0 Å². The fraction of sp³-hybridized carbons (Fsp3) is 0.167. The van der Waals surface area contributed by atoms with Crippen molar-refractivity contribution >= 4 is 28.8 Å². The van der Waals surface area contributed by atoms with Crippen molar-refractivity contribution < 1.29 is 4.79 Å². The summed E-state index contributed by atoms with van der Waals surface area (Å²) in [5.74, 6) is 0. The lowest BCUT2D eigenvalue weighted by Crippen LogP contribution is -1.88. The average Bonchev–Trinajstić information content (AvgIpc) is 2.21. The van der Waals surface area contributed by atoms with Crippen molar-refractivity contribution in [2.75, 3.05) is 0 Å². The molecule has 0 radical (unpaired) electrons. The third-order valence-electron chi connectivity index (χ3n) is 2.33. The van der Waals surface area contributed by atoms with Gasteiger partial charge >= 0.3 is 0 Å². The second-order valence-electron chi connectivity index (χ2n) is 3.49. The Morgan fingerprint density at radius 2 is 2.20 bits per heavy atom. The predicted molar refractivity (Wildman–Crippen MR) is 61.3 cm³/mol. The van der Waals surface area contributed by atoms with Gasteiger partial charge in [0.05, 0.1) is 5.52 Å². The van der Waals surface area contributed by atoms with Crippen LogP contribution in [0.1, 0.15) is 11.1 Å². The Morgan fingerprint density at radius 3 is 2.93 bits per heavy atom.